The van der Waals surface area contributed by atoms with E-state index in [1.165, 1.54) is 16.2 Å². The topological polar surface area (TPSA) is 7.68 Å². The average Bonchev–Trinajstić information content (AvgIpc) is 2.90. The molecule has 1 aliphatic carbocycles. The lowest BCUT2D eigenvalue weighted by Crippen LogP contribution is -3.09. The lowest BCUT2D eigenvalue weighted by Gasteiger charge is -2.18. The highest BCUT2D eigenvalue weighted by atomic mass is 35.5. The molecule has 3 aromatic rings. The van der Waals surface area contributed by atoms with Gasteiger partial charge in [-0.1, -0.05) is 90.0 Å². The molecule has 0 unspecified atom stereocenters. The number of hydrogen-bond acceptors (Lipinski definition) is 1. The Kier molecular flexibility index (Phi) is 8.89. The maximum Gasteiger partial charge on any atom is 0.125 e. The molecule has 0 atom stereocenters. The molecule has 2 nitrogen and oxygen atoms in total. The number of benzene rings is 3. The van der Waals surface area contributed by atoms with Crippen molar-refractivity contribution in [3.05, 3.63) is 148 Å². The zero-order chi connectivity index (χ0) is 26.4. The average molecular weight is 529 g/mol. The Hall–Kier alpha value is -3.30. The first kappa shape index (κ1) is 26.8. The maximum atomic E-state index is 6.19. The molecule has 0 amide bonds. The van der Waals surface area contributed by atoms with Crippen molar-refractivity contribution in [2.75, 3.05) is 33.1 Å². The van der Waals surface area contributed by atoms with Crippen molar-refractivity contribution >= 4 is 40.0 Å². The van der Waals surface area contributed by atoms with Crippen LogP contribution in [0.2, 0.25) is 10.0 Å². The van der Waals surface area contributed by atoms with Gasteiger partial charge in [-0.2, -0.15) is 0 Å². The van der Waals surface area contributed by atoms with Crippen LogP contribution in [0.25, 0.3) is 11.1 Å². The molecule has 4 rings (SSSR count). The smallest absolute Gasteiger partial charge is 0.125 e. The Bertz CT molecular complexity index is 1340. The minimum Gasteiger partial charge on any atom is -0.378 e. The van der Waals surface area contributed by atoms with Gasteiger partial charge in [0.1, 0.15) is 6.04 Å². The summed E-state index contributed by atoms with van der Waals surface area (Å²) in [7, 11) is 8.44. The zero-order valence-electron chi connectivity index (χ0n) is 21.8. The molecule has 0 spiro atoms. The molecule has 1 N–H and O–H groups in total. The summed E-state index contributed by atoms with van der Waals surface area (Å²) in [5.74, 6) is 0. The number of nitrogens with one attached hydrogen (secondary N) is 1. The number of nitrogens with zero attached hydrogens (tertiary/aromatic N) is 1. The SMILES string of the molecule is CN(C)c1ccc(/C(=C/C=C/C(=C2C=CC([NH+](C)C)C=C2)c2ccc(Cl)cc2)c2ccc(Cl)cc2)cc1. The van der Waals surface area contributed by atoms with Gasteiger partial charge in [0.25, 0.3) is 0 Å². The first-order valence-corrected chi connectivity index (χ1v) is 13.2. The number of rotatable bonds is 7. The molecule has 4 heteroatoms. The van der Waals surface area contributed by atoms with E-state index in [-0.39, 0.29) is 0 Å². The monoisotopic (exact) mass is 527 g/mol. The first-order valence-electron chi connectivity index (χ1n) is 12.4. The van der Waals surface area contributed by atoms with Crippen molar-refractivity contribution < 1.29 is 4.90 Å². The Labute approximate surface area is 231 Å². The van der Waals surface area contributed by atoms with Crippen molar-refractivity contribution in [1.82, 2.24) is 0 Å². The van der Waals surface area contributed by atoms with Gasteiger partial charge in [0.05, 0.1) is 14.1 Å². The molecule has 0 radical (unpaired) electrons. The van der Waals surface area contributed by atoms with E-state index in [9.17, 15) is 0 Å². The summed E-state index contributed by atoms with van der Waals surface area (Å²) in [5.41, 5.74) is 7.99. The summed E-state index contributed by atoms with van der Waals surface area (Å²) in [6.45, 7) is 0. The van der Waals surface area contributed by atoms with Crippen LogP contribution in [-0.2, 0) is 0 Å². The van der Waals surface area contributed by atoms with Crippen LogP contribution < -0.4 is 9.80 Å². The van der Waals surface area contributed by atoms with Crippen molar-refractivity contribution in [2.45, 2.75) is 6.04 Å². The summed E-state index contributed by atoms with van der Waals surface area (Å²) >= 11 is 12.4. The predicted octanol–water partition coefficient (Wildman–Crippen LogP) is 7.14. The minimum atomic E-state index is 0.376. The third kappa shape index (κ3) is 6.93. The van der Waals surface area contributed by atoms with E-state index in [0.29, 0.717) is 6.04 Å². The lowest BCUT2D eigenvalue weighted by molar-refractivity contribution is -0.871. The number of allylic oxidation sites excluding steroid dienone is 7. The number of likely N-dealkylation sites (N-methyl/N-ethyl adjacent to an activating group) is 1. The molecule has 0 aliphatic heterocycles. The Morgan fingerprint density at radius 1 is 0.730 bits per heavy atom. The van der Waals surface area contributed by atoms with E-state index < -0.39 is 0 Å². The van der Waals surface area contributed by atoms with E-state index >= 15 is 0 Å². The largest absolute Gasteiger partial charge is 0.378 e. The van der Waals surface area contributed by atoms with Crippen LogP contribution in [0.1, 0.15) is 16.7 Å². The van der Waals surface area contributed by atoms with Crippen LogP contribution in [0.3, 0.4) is 0 Å². The Morgan fingerprint density at radius 3 is 1.70 bits per heavy atom. The molecule has 0 heterocycles. The molecule has 0 saturated heterocycles. The maximum absolute atomic E-state index is 6.19. The second-order valence-corrected chi connectivity index (χ2v) is 10.5. The van der Waals surface area contributed by atoms with Gasteiger partial charge in [-0.15, -0.1) is 0 Å². The molecule has 3 aromatic carbocycles. The van der Waals surface area contributed by atoms with Gasteiger partial charge in [-0.3, -0.25) is 0 Å². The summed E-state index contributed by atoms with van der Waals surface area (Å²) in [6.07, 6.45) is 15.4. The van der Waals surface area contributed by atoms with Gasteiger partial charge in [0.15, 0.2) is 0 Å². The molecule has 0 fully saturated rings. The second-order valence-electron chi connectivity index (χ2n) is 9.58. The number of hydrogen-bond donors (Lipinski definition) is 1. The fourth-order valence-electron chi connectivity index (χ4n) is 4.26. The fraction of sp³-hybridized carbons (Fsp3) is 0.152. The van der Waals surface area contributed by atoms with E-state index in [2.05, 4.69) is 124 Å². The number of quaternary nitrogens is 1. The first-order chi connectivity index (χ1) is 17.8. The lowest BCUT2D eigenvalue weighted by atomic mass is 9.94. The summed E-state index contributed by atoms with van der Waals surface area (Å²) in [5, 5.41) is 1.46. The van der Waals surface area contributed by atoms with E-state index in [4.69, 9.17) is 23.2 Å². The van der Waals surface area contributed by atoms with Gasteiger partial charge in [-0.25, -0.2) is 0 Å². The van der Waals surface area contributed by atoms with Crippen molar-refractivity contribution in [3.8, 4) is 0 Å². The van der Waals surface area contributed by atoms with Crippen molar-refractivity contribution in [2.24, 2.45) is 0 Å². The summed E-state index contributed by atoms with van der Waals surface area (Å²) < 4.78 is 0. The van der Waals surface area contributed by atoms with Crippen LogP contribution in [0.5, 0.6) is 0 Å². The summed E-state index contributed by atoms with van der Waals surface area (Å²) in [6, 6.07) is 25.0. The van der Waals surface area contributed by atoms with Gasteiger partial charge in [-0.05, 0) is 82.0 Å². The Balaban J connectivity index is 1.76. The number of halogens is 2. The normalized spacial score (nSPS) is 15.6. The van der Waals surface area contributed by atoms with Crippen LogP contribution in [-0.4, -0.2) is 34.2 Å². The van der Waals surface area contributed by atoms with E-state index in [1.807, 2.05) is 24.3 Å². The fourth-order valence-corrected chi connectivity index (χ4v) is 4.51. The van der Waals surface area contributed by atoms with Crippen LogP contribution >= 0.6 is 23.2 Å². The van der Waals surface area contributed by atoms with Crippen molar-refractivity contribution in [3.63, 3.8) is 0 Å². The van der Waals surface area contributed by atoms with Gasteiger partial charge < -0.3 is 9.80 Å². The van der Waals surface area contributed by atoms with E-state index in [1.54, 1.807) is 0 Å². The molecule has 0 aromatic heterocycles. The quantitative estimate of drug-likeness (QED) is 0.321. The third-order valence-corrected chi connectivity index (χ3v) is 6.98. The summed E-state index contributed by atoms with van der Waals surface area (Å²) in [4.78, 5) is 3.49. The highest BCUT2D eigenvalue weighted by Crippen LogP contribution is 2.29. The third-order valence-electron chi connectivity index (χ3n) is 6.47. The van der Waals surface area contributed by atoms with Crippen LogP contribution in [0, 0.1) is 0 Å². The van der Waals surface area contributed by atoms with Crippen LogP contribution in [0.4, 0.5) is 5.69 Å². The predicted molar refractivity (Wildman–Crippen MR) is 162 cm³/mol. The van der Waals surface area contributed by atoms with Gasteiger partial charge in [0, 0.05) is 29.8 Å². The standard InChI is InChI=1S/C33H32Cl2N2/c1-36(2)30-20-12-26(13-21-30)32(24-8-16-28(34)17-9-24)6-5-7-33(25-10-18-29(35)19-11-25)27-14-22-31(23-15-27)37(3)4/h5-23,30H,1-4H3/p+1/b6-5+,32-26?,33-7+. The minimum absolute atomic E-state index is 0.376. The second kappa shape index (κ2) is 12.3. The highest BCUT2D eigenvalue weighted by molar-refractivity contribution is 6.30. The molecule has 1 aliphatic rings. The Morgan fingerprint density at radius 2 is 1.22 bits per heavy atom. The molecular weight excluding hydrogens is 495 g/mol. The zero-order valence-corrected chi connectivity index (χ0v) is 23.3. The molecule has 0 saturated carbocycles. The number of anilines is 1. The molecular formula is C33H33Cl2N2+. The van der Waals surface area contributed by atoms with Gasteiger partial charge >= 0.3 is 0 Å². The highest BCUT2D eigenvalue weighted by Gasteiger charge is 2.13. The molecule has 37 heavy (non-hydrogen) atoms. The molecule has 0 bridgehead atoms. The van der Waals surface area contributed by atoms with E-state index in [0.717, 1.165) is 37.9 Å². The van der Waals surface area contributed by atoms with Crippen LogP contribution in [0.15, 0.2) is 121 Å². The van der Waals surface area contributed by atoms with Crippen molar-refractivity contribution in [1.29, 1.82) is 0 Å². The molecule has 188 valence electrons. The van der Waals surface area contributed by atoms with Gasteiger partial charge in [0.2, 0.25) is 0 Å².